The Morgan fingerprint density at radius 3 is 2.53 bits per heavy atom. The zero-order valence-corrected chi connectivity index (χ0v) is 19.3. The highest BCUT2D eigenvalue weighted by atomic mass is 15.3. The van der Waals surface area contributed by atoms with Crippen molar-refractivity contribution in [3.8, 4) is 0 Å². The number of aliphatic imine (C=N–C) groups is 1. The van der Waals surface area contributed by atoms with Crippen LogP contribution in [0.25, 0.3) is 0 Å². The molecule has 0 amide bonds. The molecule has 2 unspecified atom stereocenters. The Morgan fingerprint density at radius 1 is 1.06 bits per heavy atom. The predicted octanol–water partition coefficient (Wildman–Crippen LogP) is 1.43. The van der Waals surface area contributed by atoms with E-state index in [2.05, 4.69) is 77.5 Å². The molecule has 2 N–H and O–H groups in total. The zero-order valence-electron chi connectivity index (χ0n) is 19.3. The van der Waals surface area contributed by atoms with Crippen LogP contribution >= 0.6 is 0 Å². The summed E-state index contributed by atoms with van der Waals surface area (Å²) in [4.78, 5) is 20.5. The molecule has 0 radical (unpaired) electrons. The van der Waals surface area contributed by atoms with E-state index in [4.69, 9.17) is 0 Å². The Labute approximate surface area is 191 Å². The first-order chi connectivity index (χ1) is 15.7. The van der Waals surface area contributed by atoms with E-state index in [1.165, 1.54) is 5.56 Å². The lowest BCUT2D eigenvalue weighted by Crippen LogP contribution is -2.50. The molecule has 1 aromatic heterocycles. The van der Waals surface area contributed by atoms with E-state index in [9.17, 15) is 0 Å². The van der Waals surface area contributed by atoms with Crippen LogP contribution < -0.4 is 15.5 Å². The van der Waals surface area contributed by atoms with Crippen LogP contribution in [0.15, 0.2) is 53.8 Å². The predicted molar refractivity (Wildman–Crippen MR) is 130 cm³/mol. The van der Waals surface area contributed by atoms with Crippen molar-refractivity contribution >= 4 is 11.9 Å². The lowest BCUT2D eigenvalue weighted by Gasteiger charge is -2.34. The summed E-state index contributed by atoms with van der Waals surface area (Å²) in [6, 6.07) is 13.6. The zero-order chi connectivity index (χ0) is 22.2. The van der Waals surface area contributed by atoms with Crippen molar-refractivity contribution in [1.82, 2.24) is 30.4 Å². The topological polar surface area (TPSA) is 71.9 Å². The Balaban J connectivity index is 1.16. The third-order valence-electron chi connectivity index (χ3n) is 6.42. The summed E-state index contributed by atoms with van der Waals surface area (Å²) < 4.78 is 0. The maximum absolute atomic E-state index is 4.45. The molecule has 8 heteroatoms. The fourth-order valence-corrected chi connectivity index (χ4v) is 4.59. The molecule has 3 heterocycles. The molecule has 2 aromatic rings. The first-order valence-electron chi connectivity index (χ1n) is 11.7. The minimum atomic E-state index is 0.425. The number of benzene rings is 1. The minimum Gasteiger partial charge on any atom is -0.355 e. The molecule has 32 heavy (non-hydrogen) atoms. The van der Waals surface area contributed by atoms with Crippen molar-refractivity contribution < 1.29 is 0 Å². The van der Waals surface area contributed by atoms with E-state index < -0.39 is 0 Å². The lowest BCUT2D eigenvalue weighted by atomic mass is 10.2. The van der Waals surface area contributed by atoms with Crippen molar-refractivity contribution in [2.24, 2.45) is 4.99 Å². The van der Waals surface area contributed by atoms with Crippen LogP contribution in [0.1, 0.15) is 18.9 Å². The van der Waals surface area contributed by atoms with Gasteiger partial charge in [-0.05, 0) is 25.0 Å². The number of guanidine groups is 1. The number of hydrogen-bond acceptors (Lipinski definition) is 6. The molecule has 2 aliphatic rings. The molecular formula is C24H36N8. The van der Waals surface area contributed by atoms with Gasteiger partial charge in [0.05, 0.1) is 0 Å². The number of hydrogen-bond donors (Lipinski definition) is 2. The van der Waals surface area contributed by atoms with Crippen LogP contribution in [0.2, 0.25) is 0 Å². The number of nitrogens with zero attached hydrogens (tertiary/aromatic N) is 6. The molecule has 0 spiro atoms. The first-order valence-corrected chi connectivity index (χ1v) is 11.7. The first kappa shape index (κ1) is 22.5. The van der Waals surface area contributed by atoms with Gasteiger partial charge in [0, 0.05) is 83.9 Å². The molecule has 2 aliphatic heterocycles. The average Bonchev–Trinajstić information content (AvgIpc) is 3.18. The smallest absolute Gasteiger partial charge is 0.225 e. The van der Waals surface area contributed by atoms with Gasteiger partial charge in [0.2, 0.25) is 5.95 Å². The monoisotopic (exact) mass is 436 g/mol. The maximum atomic E-state index is 4.45. The van der Waals surface area contributed by atoms with Crippen molar-refractivity contribution in [1.29, 1.82) is 0 Å². The Bertz CT molecular complexity index is 836. The quantitative estimate of drug-likeness (QED) is 0.503. The summed E-state index contributed by atoms with van der Waals surface area (Å²) in [6.45, 7) is 10.2. The van der Waals surface area contributed by atoms with E-state index >= 15 is 0 Å². The summed E-state index contributed by atoms with van der Waals surface area (Å²) in [5.41, 5.74) is 1.38. The van der Waals surface area contributed by atoms with Gasteiger partial charge in [-0.3, -0.25) is 14.8 Å². The standard InChI is InChI=1S/C24H36N8/c1-20-17-22(19-32(20)18-21-7-4-3-5-8-21)29-23(25-2)26-11-12-30-13-15-31(16-14-30)24-27-9-6-10-28-24/h3-10,20,22H,11-19H2,1-2H3,(H2,25,26,29). The van der Waals surface area contributed by atoms with E-state index in [1.54, 1.807) is 0 Å². The van der Waals surface area contributed by atoms with Gasteiger partial charge in [-0.25, -0.2) is 9.97 Å². The number of aromatic nitrogens is 2. The summed E-state index contributed by atoms with van der Waals surface area (Å²) in [6.07, 6.45) is 4.75. The van der Waals surface area contributed by atoms with Crippen molar-refractivity contribution in [3.63, 3.8) is 0 Å². The fourth-order valence-electron chi connectivity index (χ4n) is 4.59. The molecular weight excluding hydrogens is 400 g/mol. The third kappa shape index (κ3) is 6.17. The van der Waals surface area contributed by atoms with Crippen LogP contribution in [-0.4, -0.2) is 90.7 Å². The third-order valence-corrected chi connectivity index (χ3v) is 6.42. The molecule has 8 nitrogen and oxygen atoms in total. The average molecular weight is 437 g/mol. The largest absolute Gasteiger partial charge is 0.355 e. The summed E-state index contributed by atoms with van der Waals surface area (Å²) in [5.74, 6) is 1.74. The number of anilines is 1. The second kappa shape index (κ2) is 11.2. The molecule has 1 aromatic carbocycles. The van der Waals surface area contributed by atoms with Gasteiger partial charge in [-0.1, -0.05) is 30.3 Å². The molecule has 2 fully saturated rings. The minimum absolute atomic E-state index is 0.425. The van der Waals surface area contributed by atoms with E-state index in [0.717, 1.165) is 70.7 Å². The summed E-state index contributed by atoms with van der Waals surface area (Å²) in [5, 5.41) is 7.14. The summed E-state index contributed by atoms with van der Waals surface area (Å²) >= 11 is 0. The Kier molecular flexibility index (Phi) is 7.90. The lowest BCUT2D eigenvalue weighted by molar-refractivity contribution is 0.257. The molecule has 2 saturated heterocycles. The van der Waals surface area contributed by atoms with Gasteiger partial charge in [0.1, 0.15) is 0 Å². The summed E-state index contributed by atoms with van der Waals surface area (Å²) in [7, 11) is 1.86. The van der Waals surface area contributed by atoms with Gasteiger partial charge in [-0.2, -0.15) is 0 Å². The van der Waals surface area contributed by atoms with E-state index in [1.807, 2.05) is 25.5 Å². The van der Waals surface area contributed by atoms with Gasteiger partial charge in [-0.15, -0.1) is 0 Å². The Hall–Kier alpha value is -2.71. The molecule has 4 rings (SSSR count). The number of piperazine rings is 1. The second-order valence-corrected chi connectivity index (χ2v) is 8.72. The highest BCUT2D eigenvalue weighted by Crippen LogP contribution is 2.20. The van der Waals surface area contributed by atoms with Crippen molar-refractivity contribution in [2.75, 3.05) is 57.8 Å². The molecule has 0 aliphatic carbocycles. The highest BCUT2D eigenvalue weighted by molar-refractivity contribution is 5.80. The second-order valence-electron chi connectivity index (χ2n) is 8.72. The van der Waals surface area contributed by atoms with Gasteiger partial charge in [0.25, 0.3) is 0 Å². The van der Waals surface area contributed by atoms with Gasteiger partial charge >= 0.3 is 0 Å². The van der Waals surface area contributed by atoms with E-state index in [0.29, 0.717) is 12.1 Å². The normalized spacial score (nSPS) is 22.8. The molecule has 0 saturated carbocycles. The molecule has 2 atom stereocenters. The fraction of sp³-hybridized carbons (Fsp3) is 0.542. The molecule has 172 valence electrons. The SMILES string of the molecule is CN=C(NCCN1CCN(c2ncccn2)CC1)NC1CC(C)N(Cc2ccccc2)C1. The highest BCUT2D eigenvalue weighted by Gasteiger charge is 2.29. The van der Waals surface area contributed by atoms with Gasteiger partial charge in [0.15, 0.2) is 5.96 Å². The van der Waals surface area contributed by atoms with Crippen LogP contribution in [0.4, 0.5) is 5.95 Å². The van der Waals surface area contributed by atoms with Crippen LogP contribution in [0, 0.1) is 0 Å². The number of rotatable bonds is 7. The Morgan fingerprint density at radius 2 is 1.81 bits per heavy atom. The van der Waals surface area contributed by atoms with Crippen molar-refractivity contribution in [2.45, 2.75) is 32.0 Å². The van der Waals surface area contributed by atoms with Crippen LogP contribution in [-0.2, 0) is 6.54 Å². The van der Waals surface area contributed by atoms with E-state index in [-0.39, 0.29) is 0 Å². The maximum Gasteiger partial charge on any atom is 0.225 e. The van der Waals surface area contributed by atoms with Crippen LogP contribution in [0.5, 0.6) is 0 Å². The number of nitrogens with one attached hydrogen (secondary N) is 2. The molecule has 0 bridgehead atoms. The van der Waals surface area contributed by atoms with Crippen molar-refractivity contribution in [3.05, 3.63) is 54.4 Å². The van der Waals surface area contributed by atoms with Gasteiger partial charge < -0.3 is 15.5 Å². The van der Waals surface area contributed by atoms with Crippen LogP contribution in [0.3, 0.4) is 0 Å². The number of likely N-dealkylation sites (tertiary alicyclic amines) is 1.